The number of benzene rings is 1. The third-order valence-corrected chi connectivity index (χ3v) is 8.26. The Labute approximate surface area is 200 Å². The van der Waals surface area contributed by atoms with Crippen LogP contribution in [0.3, 0.4) is 0 Å². The molecule has 186 valence electrons. The van der Waals surface area contributed by atoms with Crippen LogP contribution in [-0.4, -0.2) is 14.2 Å². The average Bonchev–Trinajstić information content (AvgIpc) is 2.84. The van der Waals surface area contributed by atoms with Gasteiger partial charge in [0.1, 0.15) is 0 Å². The molecular formula is C30H54O2. The summed E-state index contributed by atoms with van der Waals surface area (Å²) in [5.41, 5.74) is 2.26. The van der Waals surface area contributed by atoms with Crippen molar-refractivity contribution in [1.29, 1.82) is 0 Å². The Morgan fingerprint density at radius 2 is 0.938 bits per heavy atom. The average molecular weight is 447 g/mol. The van der Waals surface area contributed by atoms with E-state index < -0.39 is 0 Å². The fraction of sp³-hybridized carbons (Fsp3) is 0.800. The zero-order chi connectivity index (χ0) is 24.0. The van der Waals surface area contributed by atoms with Crippen molar-refractivity contribution in [3.63, 3.8) is 0 Å². The topological polar surface area (TPSA) is 18.5 Å². The van der Waals surface area contributed by atoms with Gasteiger partial charge in [0.2, 0.25) is 0 Å². The van der Waals surface area contributed by atoms with Gasteiger partial charge >= 0.3 is 0 Å². The van der Waals surface area contributed by atoms with E-state index >= 15 is 0 Å². The molecule has 2 heteroatoms. The van der Waals surface area contributed by atoms with Gasteiger partial charge in [0.25, 0.3) is 0 Å². The van der Waals surface area contributed by atoms with Crippen LogP contribution < -0.4 is 0 Å². The third-order valence-electron chi connectivity index (χ3n) is 8.26. The predicted molar refractivity (Wildman–Crippen MR) is 140 cm³/mol. The SMILES string of the molecule is CCCCCC(CC)C(CC)(OC)c1ccc(C(CC)(OC)C(CC)CCCCC)cc1. The molecule has 0 aliphatic heterocycles. The van der Waals surface area contributed by atoms with Gasteiger partial charge in [0.05, 0.1) is 11.2 Å². The second kappa shape index (κ2) is 15.1. The Kier molecular flexibility index (Phi) is 13.8. The molecule has 0 heterocycles. The van der Waals surface area contributed by atoms with Gasteiger partial charge in [-0.05, 0) is 48.6 Å². The fourth-order valence-corrected chi connectivity index (χ4v) is 6.16. The highest BCUT2D eigenvalue weighted by Crippen LogP contribution is 2.44. The van der Waals surface area contributed by atoms with Crippen LogP contribution in [0.2, 0.25) is 0 Å². The molecule has 1 aromatic carbocycles. The van der Waals surface area contributed by atoms with E-state index in [0.29, 0.717) is 11.8 Å². The van der Waals surface area contributed by atoms with Crippen molar-refractivity contribution in [3.05, 3.63) is 35.4 Å². The Morgan fingerprint density at radius 1 is 0.594 bits per heavy atom. The largest absolute Gasteiger partial charge is 0.373 e. The second-order valence-corrected chi connectivity index (χ2v) is 9.67. The maximum absolute atomic E-state index is 6.34. The van der Waals surface area contributed by atoms with Gasteiger partial charge < -0.3 is 9.47 Å². The highest BCUT2D eigenvalue weighted by Gasteiger charge is 2.40. The first-order valence-electron chi connectivity index (χ1n) is 13.7. The Bertz CT molecular complexity index is 530. The number of methoxy groups -OCH3 is 2. The molecule has 0 spiro atoms. The van der Waals surface area contributed by atoms with Crippen LogP contribution in [0, 0.1) is 11.8 Å². The van der Waals surface area contributed by atoms with Gasteiger partial charge in [0.15, 0.2) is 0 Å². The van der Waals surface area contributed by atoms with Crippen molar-refractivity contribution in [2.45, 2.75) is 130 Å². The van der Waals surface area contributed by atoms with E-state index in [0.717, 1.165) is 25.7 Å². The molecular weight excluding hydrogens is 392 g/mol. The van der Waals surface area contributed by atoms with Crippen molar-refractivity contribution < 1.29 is 9.47 Å². The van der Waals surface area contributed by atoms with Crippen molar-refractivity contribution in [3.8, 4) is 0 Å². The number of ether oxygens (including phenoxy) is 2. The summed E-state index contributed by atoms with van der Waals surface area (Å²) in [4.78, 5) is 0. The molecule has 0 radical (unpaired) electrons. The monoisotopic (exact) mass is 446 g/mol. The highest BCUT2D eigenvalue weighted by molar-refractivity contribution is 5.32. The summed E-state index contributed by atoms with van der Waals surface area (Å²) in [5, 5.41) is 0. The molecule has 0 amide bonds. The Balaban J connectivity index is 3.29. The summed E-state index contributed by atoms with van der Waals surface area (Å²) < 4.78 is 12.7. The number of hydrogen-bond acceptors (Lipinski definition) is 2. The van der Waals surface area contributed by atoms with Gasteiger partial charge in [-0.25, -0.2) is 0 Å². The smallest absolute Gasteiger partial charge is 0.0952 e. The molecule has 0 aromatic heterocycles. The lowest BCUT2D eigenvalue weighted by Gasteiger charge is -2.42. The van der Waals surface area contributed by atoms with Crippen molar-refractivity contribution in [1.82, 2.24) is 0 Å². The van der Waals surface area contributed by atoms with Crippen molar-refractivity contribution in [2.24, 2.45) is 11.8 Å². The molecule has 0 fully saturated rings. The van der Waals surface area contributed by atoms with E-state index in [9.17, 15) is 0 Å². The van der Waals surface area contributed by atoms with E-state index in [-0.39, 0.29) is 11.2 Å². The molecule has 32 heavy (non-hydrogen) atoms. The van der Waals surface area contributed by atoms with Crippen LogP contribution in [0.5, 0.6) is 0 Å². The van der Waals surface area contributed by atoms with E-state index in [2.05, 4.69) is 65.8 Å². The maximum atomic E-state index is 6.34. The molecule has 0 aliphatic carbocycles. The first-order chi connectivity index (χ1) is 15.5. The van der Waals surface area contributed by atoms with Crippen molar-refractivity contribution in [2.75, 3.05) is 14.2 Å². The van der Waals surface area contributed by atoms with Crippen LogP contribution in [-0.2, 0) is 20.7 Å². The number of unbranched alkanes of at least 4 members (excludes halogenated alkanes) is 4. The predicted octanol–water partition coefficient (Wildman–Crippen LogP) is 9.40. The standard InChI is InChI=1S/C30H54O2/c1-9-15-17-19-25(11-3)29(13-5,31-7)27-21-23-28(24-22-27)30(14-6,32-8)26(12-4)20-18-16-10-2/h21-26H,9-20H2,1-8H3. The summed E-state index contributed by atoms with van der Waals surface area (Å²) in [5.74, 6) is 1.09. The molecule has 1 rings (SSSR count). The van der Waals surface area contributed by atoms with Gasteiger partial charge in [-0.1, -0.05) is 117 Å². The van der Waals surface area contributed by atoms with Gasteiger partial charge in [-0.3, -0.25) is 0 Å². The molecule has 1 aromatic rings. The minimum absolute atomic E-state index is 0.200. The third kappa shape index (κ3) is 6.60. The second-order valence-electron chi connectivity index (χ2n) is 9.67. The van der Waals surface area contributed by atoms with Crippen molar-refractivity contribution >= 4 is 0 Å². The zero-order valence-electron chi connectivity index (χ0n) is 22.8. The summed E-state index contributed by atoms with van der Waals surface area (Å²) >= 11 is 0. The number of hydrogen-bond donors (Lipinski definition) is 0. The van der Waals surface area contributed by atoms with E-state index in [1.54, 1.807) is 0 Å². The normalized spacial score (nSPS) is 17.5. The van der Waals surface area contributed by atoms with Gasteiger partial charge in [-0.15, -0.1) is 0 Å². The van der Waals surface area contributed by atoms with Crippen LogP contribution in [0.15, 0.2) is 24.3 Å². The fourth-order valence-electron chi connectivity index (χ4n) is 6.16. The lowest BCUT2D eigenvalue weighted by molar-refractivity contribution is -0.0755. The van der Waals surface area contributed by atoms with Crippen LogP contribution in [0.1, 0.15) is 130 Å². The summed E-state index contributed by atoms with van der Waals surface area (Å²) in [6.45, 7) is 13.8. The Morgan fingerprint density at radius 3 is 1.16 bits per heavy atom. The molecule has 4 unspecified atom stereocenters. The molecule has 0 saturated heterocycles. The lowest BCUT2D eigenvalue weighted by atomic mass is 9.72. The van der Waals surface area contributed by atoms with Crippen LogP contribution >= 0.6 is 0 Å². The molecule has 0 saturated carbocycles. The summed E-state index contributed by atoms with van der Waals surface area (Å²) in [6, 6.07) is 9.36. The summed E-state index contributed by atoms with van der Waals surface area (Å²) in [6.07, 6.45) is 14.5. The van der Waals surface area contributed by atoms with Gasteiger partial charge in [0, 0.05) is 14.2 Å². The van der Waals surface area contributed by atoms with E-state index in [1.807, 2.05) is 14.2 Å². The van der Waals surface area contributed by atoms with E-state index in [4.69, 9.17) is 9.47 Å². The van der Waals surface area contributed by atoms with Gasteiger partial charge in [-0.2, -0.15) is 0 Å². The van der Waals surface area contributed by atoms with Crippen LogP contribution in [0.25, 0.3) is 0 Å². The first-order valence-corrected chi connectivity index (χ1v) is 13.7. The Hall–Kier alpha value is -0.860. The van der Waals surface area contributed by atoms with Crippen LogP contribution in [0.4, 0.5) is 0 Å². The highest BCUT2D eigenvalue weighted by atomic mass is 16.5. The molecule has 0 N–H and O–H groups in total. The molecule has 0 aliphatic rings. The zero-order valence-corrected chi connectivity index (χ0v) is 22.8. The lowest BCUT2D eigenvalue weighted by Crippen LogP contribution is -2.38. The van der Waals surface area contributed by atoms with E-state index in [1.165, 1.54) is 62.5 Å². The molecule has 4 atom stereocenters. The summed E-state index contributed by atoms with van der Waals surface area (Å²) in [7, 11) is 3.82. The first kappa shape index (κ1) is 29.2. The number of rotatable bonds is 18. The molecule has 2 nitrogen and oxygen atoms in total. The minimum atomic E-state index is -0.200. The maximum Gasteiger partial charge on any atom is 0.0952 e. The minimum Gasteiger partial charge on any atom is -0.373 e. The quantitative estimate of drug-likeness (QED) is 0.209. The molecule has 0 bridgehead atoms.